The Morgan fingerprint density at radius 1 is 0.525 bits per heavy atom. The highest BCUT2D eigenvalue weighted by Crippen LogP contribution is 2.46. The molecule has 0 aromatic heterocycles. The van der Waals surface area contributed by atoms with Gasteiger partial charge in [0.15, 0.2) is 0 Å². The number of carbonyl (C=O) groups is 6. The Hall–Kier alpha value is -3.78. The van der Waals surface area contributed by atoms with Gasteiger partial charge >= 0.3 is 36.2 Å². The van der Waals surface area contributed by atoms with Gasteiger partial charge in [0, 0.05) is 55.1 Å². The Labute approximate surface area is 365 Å². The van der Waals surface area contributed by atoms with Crippen LogP contribution in [0.25, 0.3) is 0 Å². The fourth-order valence-corrected chi connectivity index (χ4v) is 8.67. The first-order valence-electron chi connectivity index (χ1n) is 22.1. The van der Waals surface area contributed by atoms with Crippen molar-refractivity contribution in [1.82, 2.24) is 16.0 Å². The predicted octanol–water partition coefficient (Wildman–Crippen LogP) is 8.65. The number of nitrogens with one attached hydrogen (secondary N) is 3. The molecule has 61 heavy (non-hydrogen) atoms. The zero-order valence-corrected chi connectivity index (χ0v) is 39.9. The molecular weight excluding hydrogens is 787 g/mol. The molecular formula is C46H81N3O12. The average Bonchev–Trinajstić information content (AvgIpc) is 3.12. The van der Waals surface area contributed by atoms with E-state index in [1.54, 1.807) is 0 Å². The van der Waals surface area contributed by atoms with E-state index in [1.165, 1.54) is 13.3 Å². The number of hydrogen-bond acceptors (Lipinski definition) is 12. The lowest BCUT2D eigenvalue weighted by Gasteiger charge is -2.46. The second kappa shape index (κ2) is 22.5. The molecule has 2 aliphatic rings. The second-order valence-electron chi connectivity index (χ2n) is 22.6. The van der Waals surface area contributed by atoms with Gasteiger partial charge in [0.25, 0.3) is 0 Å². The minimum Gasteiger partial charge on any atom is -0.465 e. The van der Waals surface area contributed by atoms with Gasteiger partial charge in [0.2, 0.25) is 0 Å². The molecule has 2 aliphatic carbocycles. The maximum absolute atomic E-state index is 12.9. The third-order valence-corrected chi connectivity index (χ3v) is 11.3. The van der Waals surface area contributed by atoms with E-state index in [1.807, 2.05) is 41.5 Å². The molecule has 0 radical (unpaired) electrons. The summed E-state index contributed by atoms with van der Waals surface area (Å²) in [6, 6.07) is -0.189. The van der Waals surface area contributed by atoms with Crippen LogP contribution in [0.15, 0.2) is 0 Å². The highest BCUT2D eigenvalue weighted by atomic mass is 16.6. The van der Waals surface area contributed by atoms with Gasteiger partial charge in [-0.15, -0.1) is 0 Å². The molecule has 2 rings (SSSR count). The molecule has 3 atom stereocenters. The van der Waals surface area contributed by atoms with Crippen molar-refractivity contribution in [2.24, 2.45) is 37.9 Å². The monoisotopic (exact) mass is 868 g/mol. The maximum Gasteiger partial charge on any atom is 0.407 e. The highest BCUT2D eigenvalue weighted by molar-refractivity contribution is 5.71. The molecule has 0 spiro atoms. The molecule has 0 aromatic carbocycles. The Kier molecular flexibility index (Phi) is 19.7. The van der Waals surface area contributed by atoms with Crippen LogP contribution in [0, 0.1) is 37.9 Å². The Morgan fingerprint density at radius 3 is 1.39 bits per heavy atom. The molecule has 352 valence electrons. The van der Waals surface area contributed by atoms with Gasteiger partial charge in [-0.25, -0.2) is 14.4 Å². The zero-order chi connectivity index (χ0) is 46.3. The summed E-state index contributed by atoms with van der Waals surface area (Å²) in [5.41, 5.74) is -1.87. The molecule has 15 heteroatoms. The molecule has 0 heterocycles. The summed E-state index contributed by atoms with van der Waals surface area (Å²) >= 11 is 0. The van der Waals surface area contributed by atoms with Crippen LogP contribution in [0.3, 0.4) is 0 Å². The van der Waals surface area contributed by atoms with E-state index < -0.39 is 46.5 Å². The number of unbranched alkanes of at least 4 members (excludes halogenated alkanes) is 1. The molecule has 15 nitrogen and oxygen atoms in total. The SMILES string of the molecule is CC(=O)OCC(C)(C)COC(=O)NCC1(C)CC(NC(=O)OCC(C)(C)COC(=O)CCCCC(=O)OCC(C)(C)COC(=O)NCC2(C)CCCC(C)(C)C2)CC(C)(C)C1. The van der Waals surface area contributed by atoms with Crippen molar-refractivity contribution < 1.29 is 57.2 Å². The van der Waals surface area contributed by atoms with E-state index in [0.29, 0.717) is 32.4 Å². The second-order valence-corrected chi connectivity index (χ2v) is 22.6. The maximum atomic E-state index is 12.9. The van der Waals surface area contributed by atoms with Crippen LogP contribution < -0.4 is 16.0 Å². The van der Waals surface area contributed by atoms with Crippen LogP contribution in [0.2, 0.25) is 0 Å². The number of ether oxygens (including phenoxy) is 6. The van der Waals surface area contributed by atoms with Gasteiger partial charge in [0.1, 0.15) is 19.8 Å². The Balaban J connectivity index is 1.64. The smallest absolute Gasteiger partial charge is 0.407 e. The van der Waals surface area contributed by atoms with Gasteiger partial charge in [0.05, 0.1) is 19.8 Å². The first kappa shape index (κ1) is 53.4. The molecule has 2 fully saturated rings. The summed E-state index contributed by atoms with van der Waals surface area (Å²) in [6.07, 6.45) is 6.22. The van der Waals surface area contributed by atoms with Crippen molar-refractivity contribution in [3.63, 3.8) is 0 Å². The molecule has 0 bridgehead atoms. The molecule has 0 aliphatic heterocycles. The van der Waals surface area contributed by atoms with Crippen LogP contribution in [0.5, 0.6) is 0 Å². The van der Waals surface area contributed by atoms with Crippen LogP contribution in [0.1, 0.15) is 161 Å². The van der Waals surface area contributed by atoms with E-state index in [2.05, 4.69) is 57.5 Å². The predicted molar refractivity (Wildman–Crippen MR) is 231 cm³/mol. The van der Waals surface area contributed by atoms with Crippen LogP contribution >= 0.6 is 0 Å². The van der Waals surface area contributed by atoms with Crippen molar-refractivity contribution in [3.05, 3.63) is 0 Å². The Morgan fingerprint density at radius 2 is 0.934 bits per heavy atom. The quantitative estimate of drug-likeness (QED) is 0.0534. The van der Waals surface area contributed by atoms with Crippen molar-refractivity contribution >= 4 is 36.2 Å². The summed E-state index contributed by atoms with van der Waals surface area (Å²) in [5.74, 6) is -1.19. The van der Waals surface area contributed by atoms with E-state index in [-0.39, 0.29) is 86.2 Å². The number of amides is 3. The van der Waals surface area contributed by atoms with Gasteiger partial charge in [-0.05, 0) is 73.0 Å². The molecule has 2 saturated carbocycles. The van der Waals surface area contributed by atoms with Crippen LogP contribution in [-0.4, -0.2) is 95.0 Å². The molecule has 3 unspecified atom stereocenters. The summed E-state index contributed by atoms with van der Waals surface area (Å²) in [5, 5.41) is 8.79. The summed E-state index contributed by atoms with van der Waals surface area (Å²) in [4.78, 5) is 74.0. The lowest BCUT2D eigenvalue weighted by atomic mass is 9.62. The third kappa shape index (κ3) is 22.8. The average molecular weight is 868 g/mol. The third-order valence-electron chi connectivity index (χ3n) is 11.3. The Bertz CT molecular complexity index is 1490. The van der Waals surface area contributed by atoms with E-state index in [4.69, 9.17) is 28.4 Å². The minimum atomic E-state index is -0.643. The summed E-state index contributed by atoms with van der Waals surface area (Å²) in [6.45, 7) is 26.9. The number of esters is 3. The molecule has 3 N–H and O–H groups in total. The molecule has 3 amide bonds. The van der Waals surface area contributed by atoms with Crippen molar-refractivity contribution in [2.45, 2.75) is 167 Å². The fraction of sp³-hybridized carbons (Fsp3) is 0.870. The number of rotatable bonds is 22. The number of carbonyl (C=O) groups excluding carboxylic acids is 6. The van der Waals surface area contributed by atoms with Crippen molar-refractivity contribution in [2.75, 3.05) is 52.7 Å². The largest absolute Gasteiger partial charge is 0.465 e. The molecule has 0 aromatic rings. The summed E-state index contributed by atoms with van der Waals surface area (Å²) < 4.78 is 32.4. The van der Waals surface area contributed by atoms with Gasteiger partial charge in [-0.2, -0.15) is 0 Å². The fourth-order valence-electron chi connectivity index (χ4n) is 8.67. The lowest BCUT2D eigenvalue weighted by Crippen LogP contribution is -2.50. The minimum absolute atomic E-state index is 0.0243. The first-order chi connectivity index (χ1) is 27.9. The summed E-state index contributed by atoms with van der Waals surface area (Å²) in [7, 11) is 0. The zero-order valence-electron chi connectivity index (χ0n) is 39.9. The van der Waals surface area contributed by atoms with Crippen molar-refractivity contribution in [3.8, 4) is 0 Å². The van der Waals surface area contributed by atoms with Crippen molar-refractivity contribution in [1.29, 1.82) is 0 Å². The van der Waals surface area contributed by atoms with Gasteiger partial charge in [-0.3, -0.25) is 14.4 Å². The van der Waals surface area contributed by atoms with E-state index in [9.17, 15) is 28.8 Å². The standard InChI is InChI=1S/C46H81N3O12/c1-33(50)56-27-42(6,7)30-59-38(54)48-26-46(13)22-34(21-41(4,5)24-46)49-39(55)61-32-44(10,11)29-58-36(52)18-15-14-17-35(51)57-28-43(8,9)31-60-37(53)47-25-45(12)20-16-19-40(2,3)23-45/h34H,14-32H2,1-13H3,(H,47,53)(H,48,54)(H,49,55). The van der Waals surface area contributed by atoms with E-state index in [0.717, 1.165) is 32.1 Å². The lowest BCUT2D eigenvalue weighted by molar-refractivity contribution is -0.149. The van der Waals surface area contributed by atoms with Crippen LogP contribution in [-0.2, 0) is 42.8 Å². The van der Waals surface area contributed by atoms with Gasteiger partial charge < -0.3 is 44.4 Å². The van der Waals surface area contributed by atoms with E-state index >= 15 is 0 Å². The topological polar surface area (TPSA) is 194 Å². The van der Waals surface area contributed by atoms with Gasteiger partial charge in [-0.1, -0.05) is 89.5 Å². The molecule has 0 saturated heterocycles. The van der Waals surface area contributed by atoms with Crippen LogP contribution in [0.4, 0.5) is 14.4 Å². The normalized spacial score (nSPS) is 22.5. The number of hydrogen-bond donors (Lipinski definition) is 3. The number of alkyl carbamates (subject to hydrolysis) is 3. The highest BCUT2D eigenvalue weighted by Gasteiger charge is 2.42. The first-order valence-corrected chi connectivity index (χ1v) is 22.1.